The predicted molar refractivity (Wildman–Crippen MR) is 99.6 cm³/mol. The highest BCUT2D eigenvalue weighted by Gasteiger charge is 2.22. The minimum absolute atomic E-state index is 0.0729. The van der Waals surface area contributed by atoms with Crippen molar-refractivity contribution in [2.75, 3.05) is 33.4 Å². The molecule has 0 radical (unpaired) electrons. The van der Waals surface area contributed by atoms with Crippen LogP contribution in [0.1, 0.15) is 29.9 Å². The molecule has 1 unspecified atom stereocenters. The van der Waals surface area contributed by atoms with Gasteiger partial charge in [-0.05, 0) is 30.2 Å². The molecule has 138 valence electrons. The lowest BCUT2D eigenvalue weighted by atomic mass is 9.86. The van der Waals surface area contributed by atoms with Gasteiger partial charge in [0.05, 0.1) is 20.3 Å². The quantitative estimate of drug-likeness (QED) is 0.865. The fourth-order valence-corrected chi connectivity index (χ4v) is 3.36. The van der Waals surface area contributed by atoms with Crippen LogP contribution in [0.3, 0.4) is 0 Å². The molecule has 1 heterocycles. The van der Waals surface area contributed by atoms with E-state index in [1.165, 1.54) is 0 Å². The zero-order chi connectivity index (χ0) is 18.4. The highest BCUT2D eigenvalue weighted by molar-refractivity contribution is 5.76. The molecule has 1 atom stereocenters. The molecule has 1 aliphatic rings. The van der Waals surface area contributed by atoms with Crippen LogP contribution in [0.15, 0.2) is 48.5 Å². The number of benzene rings is 2. The minimum Gasteiger partial charge on any atom is -0.508 e. The monoisotopic (exact) mass is 355 g/mol. The number of phenols is 1. The van der Waals surface area contributed by atoms with Gasteiger partial charge in [0, 0.05) is 31.0 Å². The number of ether oxygens (including phenoxy) is 2. The topological polar surface area (TPSA) is 59.0 Å². The summed E-state index contributed by atoms with van der Waals surface area (Å²) in [5.41, 5.74) is 1.86. The van der Waals surface area contributed by atoms with Crippen LogP contribution in [0.4, 0.5) is 0 Å². The number of carbonyl (C=O) groups is 1. The molecule has 1 saturated heterocycles. The number of nitrogens with zero attached hydrogens (tertiary/aromatic N) is 1. The molecule has 3 rings (SSSR count). The third-order valence-corrected chi connectivity index (χ3v) is 4.82. The Morgan fingerprint density at radius 2 is 1.92 bits per heavy atom. The third-order valence-electron chi connectivity index (χ3n) is 4.82. The van der Waals surface area contributed by atoms with Crippen molar-refractivity contribution in [3.63, 3.8) is 0 Å². The van der Waals surface area contributed by atoms with Crippen molar-refractivity contribution in [2.24, 2.45) is 0 Å². The molecule has 2 aromatic rings. The first kappa shape index (κ1) is 18.3. The molecule has 5 heteroatoms. The maximum Gasteiger partial charge on any atom is 0.222 e. The summed E-state index contributed by atoms with van der Waals surface area (Å²) in [7, 11) is 1.61. The first-order valence-electron chi connectivity index (χ1n) is 8.96. The average molecular weight is 355 g/mol. The molecule has 0 aromatic heterocycles. The second-order valence-electron chi connectivity index (χ2n) is 6.42. The van der Waals surface area contributed by atoms with Gasteiger partial charge in [0.15, 0.2) is 0 Å². The zero-order valence-electron chi connectivity index (χ0n) is 15.1. The van der Waals surface area contributed by atoms with Crippen molar-refractivity contribution in [3.8, 4) is 11.5 Å². The second kappa shape index (κ2) is 8.72. The van der Waals surface area contributed by atoms with E-state index in [1.807, 2.05) is 41.3 Å². The van der Waals surface area contributed by atoms with Gasteiger partial charge >= 0.3 is 0 Å². The number of hydrogen-bond donors (Lipinski definition) is 1. The number of phenolic OH excluding ortho intramolecular Hbond substituents is 1. The largest absolute Gasteiger partial charge is 0.508 e. The van der Waals surface area contributed by atoms with Crippen LogP contribution in [0.5, 0.6) is 11.5 Å². The fourth-order valence-electron chi connectivity index (χ4n) is 3.36. The van der Waals surface area contributed by atoms with Crippen LogP contribution < -0.4 is 4.74 Å². The Hall–Kier alpha value is -2.53. The molecule has 5 nitrogen and oxygen atoms in total. The second-order valence-corrected chi connectivity index (χ2v) is 6.42. The van der Waals surface area contributed by atoms with Gasteiger partial charge in [0.25, 0.3) is 0 Å². The summed E-state index contributed by atoms with van der Waals surface area (Å²) in [6.07, 6.45) is 1.05. The van der Waals surface area contributed by atoms with Crippen LogP contribution in [-0.4, -0.2) is 49.3 Å². The van der Waals surface area contributed by atoms with E-state index < -0.39 is 0 Å². The third kappa shape index (κ3) is 4.35. The molecule has 1 fully saturated rings. The number of aromatic hydroxyl groups is 1. The van der Waals surface area contributed by atoms with Crippen LogP contribution in [0, 0.1) is 0 Å². The van der Waals surface area contributed by atoms with Crippen molar-refractivity contribution < 1.29 is 19.4 Å². The summed E-state index contributed by atoms with van der Waals surface area (Å²) in [6.45, 7) is 2.51. The number of hydrogen-bond acceptors (Lipinski definition) is 4. The molecule has 2 aromatic carbocycles. The van der Waals surface area contributed by atoms with Gasteiger partial charge in [-0.15, -0.1) is 0 Å². The zero-order valence-corrected chi connectivity index (χ0v) is 15.1. The number of morpholine rings is 1. The maximum absolute atomic E-state index is 12.6. The SMILES string of the molecule is COc1ccc(O)c(C(CCC(=O)N2CCOCC2)c2ccccc2)c1. The Balaban J connectivity index is 1.81. The first-order chi connectivity index (χ1) is 12.7. The summed E-state index contributed by atoms with van der Waals surface area (Å²) in [4.78, 5) is 14.4. The molecule has 0 saturated carbocycles. The molecular weight excluding hydrogens is 330 g/mol. The van der Waals surface area contributed by atoms with E-state index in [4.69, 9.17) is 9.47 Å². The van der Waals surface area contributed by atoms with Crippen molar-refractivity contribution >= 4 is 5.91 Å². The summed E-state index contributed by atoms with van der Waals surface area (Å²) in [5, 5.41) is 10.4. The molecule has 0 bridgehead atoms. The smallest absolute Gasteiger partial charge is 0.222 e. The summed E-state index contributed by atoms with van der Waals surface area (Å²) < 4.78 is 10.6. The molecule has 1 amide bonds. The first-order valence-corrected chi connectivity index (χ1v) is 8.96. The fraction of sp³-hybridized carbons (Fsp3) is 0.381. The van der Waals surface area contributed by atoms with Gasteiger partial charge in [-0.1, -0.05) is 30.3 Å². The van der Waals surface area contributed by atoms with Gasteiger partial charge < -0.3 is 19.5 Å². The van der Waals surface area contributed by atoms with Crippen molar-refractivity contribution in [2.45, 2.75) is 18.8 Å². The highest BCUT2D eigenvalue weighted by atomic mass is 16.5. The minimum atomic E-state index is -0.0729. The van der Waals surface area contributed by atoms with Gasteiger partial charge in [-0.25, -0.2) is 0 Å². The van der Waals surface area contributed by atoms with E-state index in [-0.39, 0.29) is 17.6 Å². The van der Waals surface area contributed by atoms with E-state index >= 15 is 0 Å². The van der Waals surface area contributed by atoms with Crippen molar-refractivity contribution in [1.29, 1.82) is 0 Å². The Morgan fingerprint density at radius 3 is 2.62 bits per heavy atom. The van der Waals surface area contributed by atoms with E-state index in [1.54, 1.807) is 19.2 Å². The molecule has 1 aliphatic heterocycles. The van der Waals surface area contributed by atoms with Gasteiger partial charge in [-0.2, -0.15) is 0 Å². The van der Waals surface area contributed by atoms with Crippen molar-refractivity contribution in [1.82, 2.24) is 4.90 Å². The lowest BCUT2D eigenvalue weighted by Crippen LogP contribution is -2.40. The standard InChI is InChI=1S/C21H25NO4/c1-25-17-7-9-20(23)19(15-17)18(16-5-3-2-4-6-16)8-10-21(24)22-11-13-26-14-12-22/h2-7,9,15,18,23H,8,10-14H2,1H3. The van der Waals surface area contributed by atoms with E-state index in [0.717, 1.165) is 11.1 Å². The molecule has 26 heavy (non-hydrogen) atoms. The average Bonchev–Trinajstić information content (AvgIpc) is 2.70. The lowest BCUT2D eigenvalue weighted by molar-refractivity contribution is -0.135. The number of rotatable bonds is 6. The lowest BCUT2D eigenvalue weighted by Gasteiger charge is -2.28. The van der Waals surface area contributed by atoms with Crippen molar-refractivity contribution in [3.05, 3.63) is 59.7 Å². The van der Waals surface area contributed by atoms with Gasteiger partial charge in [0.2, 0.25) is 5.91 Å². The van der Waals surface area contributed by atoms with Gasteiger partial charge in [-0.3, -0.25) is 4.79 Å². The molecular formula is C21H25NO4. The van der Waals surface area contributed by atoms with Crippen LogP contribution >= 0.6 is 0 Å². The summed E-state index contributed by atoms with van der Waals surface area (Å²) >= 11 is 0. The van der Waals surface area contributed by atoms with E-state index in [9.17, 15) is 9.90 Å². The predicted octanol–water partition coefficient (Wildman–Crippen LogP) is 3.17. The molecule has 0 spiro atoms. The normalized spacial score (nSPS) is 15.5. The number of methoxy groups -OCH3 is 1. The van der Waals surface area contributed by atoms with Gasteiger partial charge in [0.1, 0.15) is 11.5 Å². The molecule has 1 N–H and O–H groups in total. The van der Waals surface area contributed by atoms with E-state index in [2.05, 4.69) is 0 Å². The van der Waals surface area contributed by atoms with Crippen LogP contribution in [0.25, 0.3) is 0 Å². The Kier molecular flexibility index (Phi) is 6.12. The van der Waals surface area contributed by atoms with E-state index in [0.29, 0.717) is 44.9 Å². The Morgan fingerprint density at radius 1 is 1.19 bits per heavy atom. The number of amides is 1. The molecule has 0 aliphatic carbocycles. The van der Waals surface area contributed by atoms with Crippen LogP contribution in [0.2, 0.25) is 0 Å². The van der Waals surface area contributed by atoms with Crippen LogP contribution in [-0.2, 0) is 9.53 Å². The highest BCUT2D eigenvalue weighted by Crippen LogP contribution is 2.37. The summed E-state index contributed by atoms with van der Waals surface area (Å²) in [5.74, 6) is 0.976. The maximum atomic E-state index is 12.6. The number of carbonyl (C=O) groups excluding carboxylic acids is 1. The summed E-state index contributed by atoms with van der Waals surface area (Å²) in [6, 6.07) is 15.2. The Bertz CT molecular complexity index is 726. The Labute approximate surface area is 154 Å².